The zero-order valence-corrected chi connectivity index (χ0v) is 14.9. The highest BCUT2D eigenvalue weighted by molar-refractivity contribution is 7.89. The first-order valence-corrected chi connectivity index (χ1v) is 8.81. The third kappa shape index (κ3) is 3.73. The SMILES string of the molecule is COc1cc(C)cc(C)c1CCNS(=O)(=O)c1c(C)noc1C. The van der Waals surface area contributed by atoms with Crippen molar-refractivity contribution in [2.24, 2.45) is 0 Å². The second kappa shape index (κ2) is 6.72. The number of rotatable bonds is 6. The molecule has 2 aromatic rings. The molecule has 6 nitrogen and oxygen atoms in total. The second-order valence-electron chi connectivity index (χ2n) is 5.56. The van der Waals surface area contributed by atoms with E-state index in [1.54, 1.807) is 21.0 Å². The summed E-state index contributed by atoms with van der Waals surface area (Å²) >= 11 is 0. The van der Waals surface area contributed by atoms with Crippen molar-refractivity contribution in [2.75, 3.05) is 13.7 Å². The smallest absolute Gasteiger partial charge is 0.245 e. The summed E-state index contributed by atoms with van der Waals surface area (Å²) in [5.41, 5.74) is 3.55. The number of hydrogen-bond donors (Lipinski definition) is 1. The fourth-order valence-electron chi connectivity index (χ4n) is 2.70. The zero-order chi connectivity index (χ0) is 17.2. The van der Waals surface area contributed by atoms with E-state index < -0.39 is 10.0 Å². The summed E-state index contributed by atoms with van der Waals surface area (Å²) < 4.78 is 37.7. The van der Waals surface area contributed by atoms with Crippen molar-refractivity contribution in [3.63, 3.8) is 0 Å². The first-order valence-electron chi connectivity index (χ1n) is 7.33. The van der Waals surface area contributed by atoms with Gasteiger partial charge in [0.25, 0.3) is 0 Å². The number of ether oxygens (including phenoxy) is 1. The first-order chi connectivity index (χ1) is 10.8. The van der Waals surface area contributed by atoms with Gasteiger partial charge < -0.3 is 9.26 Å². The van der Waals surface area contributed by atoms with Gasteiger partial charge in [0.15, 0.2) is 5.76 Å². The Kier molecular flexibility index (Phi) is 5.11. The highest BCUT2D eigenvalue weighted by atomic mass is 32.2. The zero-order valence-electron chi connectivity index (χ0n) is 14.1. The van der Waals surface area contributed by atoms with Crippen LogP contribution >= 0.6 is 0 Å². The molecule has 2 rings (SSSR count). The van der Waals surface area contributed by atoms with Crippen molar-refractivity contribution in [3.05, 3.63) is 40.3 Å². The fourth-order valence-corrected chi connectivity index (χ4v) is 4.06. The average molecular weight is 338 g/mol. The minimum absolute atomic E-state index is 0.116. The molecular formula is C16H22N2O4S. The van der Waals surface area contributed by atoms with E-state index >= 15 is 0 Å². The van der Waals surface area contributed by atoms with Crippen LogP contribution in [0.1, 0.15) is 28.1 Å². The molecule has 0 fully saturated rings. The van der Waals surface area contributed by atoms with Gasteiger partial charge in [-0.1, -0.05) is 11.2 Å². The van der Waals surface area contributed by atoms with E-state index in [4.69, 9.17) is 9.26 Å². The van der Waals surface area contributed by atoms with Crippen LogP contribution in [0.2, 0.25) is 0 Å². The second-order valence-corrected chi connectivity index (χ2v) is 7.27. The third-order valence-electron chi connectivity index (χ3n) is 3.70. The Hall–Kier alpha value is -1.86. The van der Waals surface area contributed by atoms with E-state index in [1.165, 1.54) is 0 Å². The highest BCUT2D eigenvalue weighted by Gasteiger charge is 2.23. The Morgan fingerprint density at radius 2 is 1.91 bits per heavy atom. The maximum absolute atomic E-state index is 12.4. The van der Waals surface area contributed by atoms with Gasteiger partial charge in [-0.15, -0.1) is 0 Å². The van der Waals surface area contributed by atoms with E-state index in [1.807, 2.05) is 19.9 Å². The maximum atomic E-state index is 12.4. The summed E-state index contributed by atoms with van der Waals surface area (Å²) in [7, 11) is -2.02. The van der Waals surface area contributed by atoms with E-state index in [0.717, 1.165) is 22.4 Å². The molecule has 0 aliphatic rings. The summed E-state index contributed by atoms with van der Waals surface area (Å²) in [6.45, 7) is 7.46. The molecule has 0 saturated heterocycles. The molecule has 1 heterocycles. The van der Waals surface area contributed by atoms with Crippen LogP contribution in [0.5, 0.6) is 5.75 Å². The summed E-state index contributed by atoms with van der Waals surface area (Å²) in [6.07, 6.45) is 0.540. The third-order valence-corrected chi connectivity index (χ3v) is 5.40. The van der Waals surface area contributed by atoms with Crippen LogP contribution in [-0.2, 0) is 16.4 Å². The number of nitrogens with one attached hydrogen (secondary N) is 1. The predicted octanol–water partition coefficient (Wildman–Crippen LogP) is 2.44. The number of benzene rings is 1. The minimum atomic E-state index is -3.64. The van der Waals surface area contributed by atoms with Gasteiger partial charge in [-0.2, -0.15) is 0 Å². The Balaban J connectivity index is 2.14. The van der Waals surface area contributed by atoms with Gasteiger partial charge in [-0.3, -0.25) is 0 Å². The van der Waals surface area contributed by atoms with Crippen LogP contribution in [0.4, 0.5) is 0 Å². The van der Waals surface area contributed by atoms with Gasteiger partial charge in [0.05, 0.1) is 7.11 Å². The summed E-state index contributed by atoms with van der Waals surface area (Å²) in [5, 5.41) is 3.69. The van der Waals surface area contributed by atoms with Crippen molar-refractivity contribution in [3.8, 4) is 5.75 Å². The lowest BCUT2D eigenvalue weighted by molar-refractivity contribution is 0.390. The lowest BCUT2D eigenvalue weighted by atomic mass is 10.0. The first kappa shape index (κ1) is 17.5. The summed E-state index contributed by atoms with van der Waals surface area (Å²) in [5.74, 6) is 1.07. The molecule has 0 bridgehead atoms. The molecule has 1 aromatic heterocycles. The number of nitrogens with zero attached hydrogens (tertiary/aromatic N) is 1. The predicted molar refractivity (Wildman–Crippen MR) is 87.3 cm³/mol. The molecule has 23 heavy (non-hydrogen) atoms. The molecule has 7 heteroatoms. The van der Waals surface area contributed by atoms with Gasteiger partial charge in [0.1, 0.15) is 16.3 Å². The molecule has 0 aliphatic carbocycles. The molecule has 1 N–H and O–H groups in total. The van der Waals surface area contributed by atoms with E-state index in [2.05, 4.69) is 15.9 Å². The van der Waals surface area contributed by atoms with Gasteiger partial charge >= 0.3 is 0 Å². The average Bonchev–Trinajstić information content (AvgIpc) is 2.80. The van der Waals surface area contributed by atoms with Crippen molar-refractivity contribution >= 4 is 10.0 Å². The summed E-state index contributed by atoms with van der Waals surface area (Å²) in [4.78, 5) is 0.116. The fraction of sp³-hybridized carbons (Fsp3) is 0.438. The lowest BCUT2D eigenvalue weighted by Crippen LogP contribution is -2.27. The molecule has 0 amide bonds. The molecule has 0 spiro atoms. The number of aromatic nitrogens is 1. The normalized spacial score (nSPS) is 11.7. The molecule has 126 valence electrons. The Labute approximate surface area is 136 Å². The molecule has 0 atom stereocenters. The molecular weight excluding hydrogens is 316 g/mol. The topological polar surface area (TPSA) is 81.4 Å². The lowest BCUT2D eigenvalue weighted by Gasteiger charge is -2.13. The minimum Gasteiger partial charge on any atom is -0.496 e. The highest BCUT2D eigenvalue weighted by Crippen LogP contribution is 2.25. The standard InChI is InChI=1S/C16H22N2O4S/c1-10-8-11(2)14(15(9-10)21-5)6-7-17-23(19,20)16-12(3)18-22-13(16)4/h8-9,17H,6-7H2,1-5H3. The van der Waals surface area contributed by atoms with Gasteiger partial charge in [0.2, 0.25) is 10.0 Å². The monoisotopic (exact) mass is 338 g/mol. The van der Waals surface area contributed by atoms with Crippen LogP contribution < -0.4 is 9.46 Å². The van der Waals surface area contributed by atoms with Gasteiger partial charge in [-0.25, -0.2) is 13.1 Å². The Morgan fingerprint density at radius 1 is 1.22 bits per heavy atom. The van der Waals surface area contributed by atoms with Gasteiger partial charge in [-0.05, 0) is 56.9 Å². The van der Waals surface area contributed by atoms with Crippen molar-refractivity contribution in [1.82, 2.24) is 9.88 Å². The van der Waals surface area contributed by atoms with Crippen molar-refractivity contribution < 1.29 is 17.7 Å². The van der Waals surface area contributed by atoms with Crippen molar-refractivity contribution in [2.45, 2.75) is 39.0 Å². The molecule has 1 aromatic carbocycles. The van der Waals surface area contributed by atoms with Crippen LogP contribution in [-0.4, -0.2) is 27.2 Å². The number of aryl methyl sites for hydroxylation is 4. The number of sulfonamides is 1. The maximum Gasteiger partial charge on any atom is 0.245 e. The molecule has 0 radical (unpaired) electrons. The van der Waals surface area contributed by atoms with Crippen LogP contribution in [0.15, 0.2) is 21.6 Å². The molecule has 0 unspecified atom stereocenters. The number of hydrogen-bond acceptors (Lipinski definition) is 5. The van der Waals surface area contributed by atoms with Crippen LogP contribution in [0.3, 0.4) is 0 Å². The Morgan fingerprint density at radius 3 is 2.48 bits per heavy atom. The van der Waals surface area contributed by atoms with E-state index in [9.17, 15) is 8.42 Å². The van der Waals surface area contributed by atoms with Gasteiger partial charge in [0, 0.05) is 6.54 Å². The van der Waals surface area contributed by atoms with Crippen LogP contribution in [0, 0.1) is 27.7 Å². The van der Waals surface area contributed by atoms with E-state index in [0.29, 0.717) is 17.9 Å². The number of methoxy groups -OCH3 is 1. The van der Waals surface area contributed by atoms with E-state index in [-0.39, 0.29) is 11.4 Å². The van der Waals surface area contributed by atoms with Crippen molar-refractivity contribution in [1.29, 1.82) is 0 Å². The van der Waals surface area contributed by atoms with Crippen LogP contribution in [0.25, 0.3) is 0 Å². The summed E-state index contributed by atoms with van der Waals surface area (Å²) in [6, 6.07) is 4.01. The Bertz CT molecular complexity index is 790. The molecule has 0 aliphatic heterocycles. The molecule has 0 saturated carbocycles. The largest absolute Gasteiger partial charge is 0.496 e. The quantitative estimate of drug-likeness (QED) is 0.875.